The average molecular weight is 299 g/mol. The fourth-order valence-corrected chi connectivity index (χ4v) is 3.18. The SMILES string of the molecule is CCCc1nc(=S)c2c([nH]1)CCN(Cc1ccccc1)C2. The highest BCUT2D eigenvalue weighted by atomic mass is 32.1. The summed E-state index contributed by atoms with van der Waals surface area (Å²) in [5.74, 6) is 1.04. The van der Waals surface area contributed by atoms with Gasteiger partial charge in [0.05, 0.1) is 0 Å². The van der Waals surface area contributed by atoms with Crippen molar-refractivity contribution < 1.29 is 0 Å². The molecular formula is C17H21N3S. The van der Waals surface area contributed by atoms with Gasteiger partial charge in [0.1, 0.15) is 10.5 Å². The first-order valence-electron chi connectivity index (χ1n) is 7.63. The predicted octanol–water partition coefficient (Wildman–Crippen LogP) is 3.65. The summed E-state index contributed by atoms with van der Waals surface area (Å²) in [5.41, 5.74) is 3.86. The summed E-state index contributed by atoms with van der Waals surface area (Å²) in [7, 11) is 0. The van der Waals surface area contributed by atoms with Gasteiger partial charge in [0.15, 0.2) is 0 Å². The molecule has 1 aromatic heterocycles. The lowest BCUT2D eigenvalue weighted by Crippen LogP contribution is -2.31. The van der Waals surface area contributed by atoms with Crippen molar-refractivity contribution in [3.63, 3.8) is 0 Å². The van der Waals surface area contributed by atoms with Gasteiger partial charge in [-0.3, -0.25) is 4.90 Å². The van der Waals surface area contributed by atoms with Crippen molar-refractivity contribution in [2.24, 2.45) is 0 Å². The molecule has 0 atom stereocenters. The Morgan fingerprint density at radius 3 is 2.86 bits per heavy atom. The van der Waals surface area contributed by atoms with E-state index in [1.54, 1.807) is 0 Å². The van der Waals surface area contributed by atoms with Crippen LogP contribution in [-0.4, -0.2) is 21.4 Å². The maximum absolute atomic E-state index is 5.50. The molecule has 21 heavy (non-hydrogen) atoms. The molecule has 0 unspecified atom stereocenters. The van der Waals surface area contributed by atoms with Gasteiger partial charge in [-0.15, -0.1) is 0 Å². The Morgan fingerprint density at radius 1 is 1.29 bits per heavy atom. The van der Waals surface area contributed by atoms with Crippen molar-refractivity contribution in [3.8, 4) is 0 Å². The lowest BCUT2D eigenvalue weighted by Gasteiger charge is -2.28. The van der Waals surface area contributed by atoms with E-state index >= 15 is 0 Å². The largest absolute Gasteiger partial charge is 0.347 e. The van der Waals surface area contributed by atoms with E-state index in [0.29, 0.717) is 0 Å². The van der Waals surface area contributed by atoms with Crippen LogP contribution in [0.4, 0.5) is 0 Å². The number of fused-ring (bicyclic) bond motifs is 1. The number of hydrogen-bond donors (Lipinski definition) is 1. The third-order valence-electron chi connectivity index (χ3n) is 3.95. The summed E-state index contributed by atoms with van der Waals surface area (Å²) in [6, 6.07) is 10.6. The van der Waals surface area contributed by atoms with Gasteiger partial charge in [-0.1, -0.05) is 49.5 Å². The predicted molar refractivity (Wildman–Crippen MR) is 87.7 cm³/mol. The summed E-state index contributed by atoms with van der Waals surface area (Å²) < 4.78 is 0.782. The zero-order valence-corrected chi connectivity index (χ0v) is 13.2. The Hall–Kier alpha value is -1.52. The topological polar surface area (TPSA) is 31.9 Å². The Kier molecular flexibility index (Phi) is 4.46. The molecular weight excluding hydrogens is 278 g/mol. The number of nitrogens with one attached hydrogen (secondary N) is 1. The highest BCUT2D eigenvalue weighted by Crippen LogP contribution is 2.20. The van der Waals surface area contributed by atoms with E-state index in [1.807, 2.05) is 0 Å². The number of aromatic nitrogens is 2. The maximum Gasteiger partial charge on any atom is 0.134 e. The molecule has 1 N–H and O–H groups in total. The van der Waals surface area contributed by atoms with Crippen molar-refractivity contribution in [2.75, 3.05) is 6.54 Å². The summed E-state index contributed by atoms with van der Waals surface area (Å²) in [6.45, 7) is 5.12. The molecule has 0 fully saturated rings. The second-order valence-electron chi connectivity index (χ2n) is 5.64. The van der Waals surface area contributed by atoms with Gasteiger partial charge in [0.2, 0.25) is 0 Å². The van der Waals surface area contributed by atoms with Crippen LogP contribution in [0.3, 0.4) is 0 Å². The average Bonchev–Trinajstić information content (AvgIpc) is 2.49. The molecule has 0 spiro atoms. The number of rotatable bonds is 4. The van der Waals surface area contributed by atoms with Gasteiger partial charge in [-0.25, -0.2) is 4.98 Å². The van der Waals surface area contributed by atoms with E-state index in [-0.39, 0.29) is 0 Å². The molecule has 0 radical (unpaired) electrons. The Morgan fingerprint density at radius 2 is 2.10 bits per heavy atom. The summed E-state index contributed by atoms with van der Waals surface area (Å²) in [5, 5.41) is 0. The third-order valence-corrected chi connectivity index (χ3v) is 4.29. The maximum atomic E-state index is 5.50. The van der Waals surface area contributed by atoms with Gasteiger partial charge in [-0.2, -0.15) is 0 Å². The van der Waals surface area contributed by atoms with Crippen molar-refractivity contribution >= 4 is 12.2 Å². The molecule has 3 nitrogen and oxygen atoms in total. The number of benzene rings is 1. The van der Waals surface area contributed by atoms with Crippen LogP contribution in [0.2, 0.25) is 0 Å². The lowest BCUT2D eigenvalue weighted by molar-refractivity contribution is 0.242. The number of aromatic amines is 1. The molecule has 1 aromatic carbocycles. The fraction of sp³-hybridized carbons (Fsp3) is 0.412. The van der Waals surface area contributed by atoms with Crippen LogP contribution >= 0.6 is 12.2 Å². The Bertz CT molecular complexity index is 663. The molecule has 1 aliphatic rings. The van der Waals surface area contributed by atoms with E-state index < -0.39 is 0 Å². The Balaban J connectivity index is 1.78. The van der Waals surface area contributed by atoms with Crippen LogP contribution in [0.5, 0.6) is 0 Å². The molecule has 1 aliphatic heterocycles. The second kappa shape index (κ2) is 6.50. The van der Waals surface area contributed by atoms with Gasteiger partial charge < -0.3 is 4.98 Å². The van der Waals surface area contributed by atoms with Gasteiger partial charge in [0.25, 0.3) is 0 Å². The van der Waals surface area contributed by atoms with Crippen molar-refractivity contribution in [2.45, 2.75) is 39.3 Å². The van der Waals surface area contributed by atoms with Crippen LogP contribution in [0.15, 0.2) is 30.3 Å². The molecule has 2 aromatic rings. The molecule has 110 valence electrons. The number of nitrogens with zero attached hydrogens (tertiary/aromatic N) is 2. The van der Waals surface area contributed by atoms with Crippen LogP contribution < -0.4 is 0 Å². The van der Waals surface area contributed by atoms with E-state index in [1.165, 1.54) is 16.8 Å². The van der Waals surface area contributed by atoms with Gasteiger partial charge in [0, 0.05) is 43.7 Å². The minimum absolute atomic E-state index is 0.782. The minimum atomic E-state index is 0.782. The third kappa shape index (κ3) is 3.39. The molecule has 0 saturated carbocycles. The van der Waals surface area contributed by atoms with Crippen LogP contribution in [0.25, 0.3) is 0 Å². The highest BCUT2D eigenvalue weighted by Gasteiger charge is 2.19. The van der Waals surface area contributed by atoms with Crippen molar-refractivity contribution in [1.29, 1.82) is 0 Å². The smallest absolute Gasteiger partial charge is 0.134 e. The van der Waals surface area contributed by atoms with Crippen molar-refractivity contribution in [1.82, 2.24) is 14.9 Å². The van der Waals surface area contributed by atoms with Crippen molar-refractivity contribution in [3.05, 3.63) is 57.6 Å². The van der Waals surface area contributed by atoms with Gasteiger partial charge >= 0.3 is 0 Å². The number of hydrogen-bond acceptors (Lipinski definition) is 3. The first-order chi connectivity index (χ1) is 10.3. The van der Waals surface area contributed by atoms with E-state index in [0.717, 1.165) is 49.4 Å². The minimum Gasteiger partial charge on any atom is -0.347 e. The standard InChI is InChI=1S/C17H21N3S/c1-2-6-16-18-15-9-10-20(12-14(15)17(21)19-16)11-13-7-4-3-5-8-13/h3-5,7-8H,2,6,9-12H2,1H3,(H,18,19,21). The summed E-state index contributed by atoms with van der Waals surface area (Å²) in [6.07, 6.45) is 3.10. The quantitative estimate of drug-likeness (QED) is 0.875. The van der Waals surface area contributed by atoms with Gasteiger partial charge in [-0.05, 0) is 12.0 Å². The normalized spacial score (nSPS) is 14.9. The fourth-order valence-electron chi connectivity index (χ4n) is 2.88. The van der Waals surface area contributed by atoms with E-state index in [4.69, 9.17) is 12.2 Å². The first kappa shape index (κ1) is 14.4. The van der Waals surface area contributed by atoms with E-state index in [9.17, 15) is 0 Å². The molecule has 2 heterocycles. The van der Waals surface area contributed by atoms with E-state index in [2.05, 4.69) is 52.1 Å². The number of aryl methyl sites for hydroxylation is 1. The molecule has 0 saturated heterocycles. The zero-order valence-electron chi connectivity index (χ0n) is 12.4. The monoisotopic (exact) mass is 299 g/mol. The molecule has 4 heteroatoms. The summed E-state index contributed by atoms with van der Waals surface area (Å²) >= 11 is 5.50. The zero-order chi connectivity index (χ0) is 14.7. The second-order valence-corrected chi connectivity index (χ2v) is 6.03. The Labute approximate surface area is 131 Å². The van der Waals surface area contributed by atoms with Crippen LogP contribution in [0, 0.1) is 4.64 Å². The molecule has 0 aliphatic carbocycles. The molecule has 3 rings (SSSR count). The van der Waals surface area contributed by atoms with Crippen LogP contribution in [-0.2, 0) is 25.9 Å². The summed E-state index contributed by atoms with van der Waals surface area (Å²) in [4.78, 5) is 10.5. The molecule has 0 bridgehead atoms. The molecule has 0 amide bonds. The highest BCUT2D eigenvalue weighted by molar-refractivity contribution is 7.71. The van der Waals surface area contributed by atoms with Crippen LogP contribution in [0.1, 0.15) is 36.0 Å². The first-order valence-corrected chi connectivity index (χ1v) is 8.04. The number of H-pyrrole nitrogens is 1. The lowest BCUT2D eigenvalue weighted by atomic mass is 10.1.